The number of hydrogen-bond acceptors (Lipinski definition) is 5. The predicted molar refractivity (Wildman–Crippen MR) is 124 cm³/mol. The summed E-state index contributed by atoms with van der Waals surface area (Å²) < 4.78 is 41.2. The first-order chi connectivity index (χ1) is 14.9. The van der Waals surface area contributed by atoms with Gasteiger partial charge in [0.05, 0.1) is 6.61 Å². The van der Waals surface area contributed by atoms with Crippen molar-refractivity contribution in [2.75, 3.05) is 13.2 Å². The van der Waals surface area contributed by atoms with Crippen LogP contribution in [0.1, 0.15) is 85.5 Å². The van der Waals surface area contributed by atoms with E-state index < -0.39 is 10.4 Å². The first-order valence-corrected chi connectivity index (χ1v) is 13.5. The van der Waals surface area contributed by atoms with Crippen molar-refractivity contribution < 1.29 is 26.7 Å². The molecule has 0 spiro atoms. The highest BCUT2D eigenvalue weighted by Gasteiger charge is 2.47. The summed E-state index contributed by atoms with van der Waals surface area (Å²) in [7, 11) is -4.46. The van der Waals surface area contributed by atoms with E-state index in [1.807, 2.05) is 0 Å². The average Bonchev–Trinajstić information content (AvgIpc) is 3.11. The van der Waals surface area contributed by atoms with Gasteiger partial charge in [-0.1, -0.05) is 39.3 Å². The van der Waals surface area contributed by atoms with E-state index in [4.69, 9.17) is 13.5 Å². The van der Waals surface area contributed by atoms with Gasteiger partial charge in [-0.3, -0.25) is 4.55 Å². The summed E-state index contributed by atoms with van der Waals surface area (Å²) in [6, 6.07) is 0. The molecule has 1 aliphatic heterocycles. The number of carbonyl (C=O) groups excluding carboxylic acids is 1. The van der Waals surface area contributed by atoms with E-state index in [2.05, 4.69) is 33.8 Å². The first-order valence-electron chi connectivity index (χ1n) is 12.1. The Morgan fingerprint density at radius 3 is 2.66 bits per heavy atom. The molecular formula is C25H40O6S. The number of rotatable bonds is 10. The Kier molecular flexibility index (Phi) is 7.93. The molecule has 1 heterocycles. The van der Waals surface area contributed by atoms with E-state index in [-0.39, 0.29) is 23.9 Å². The lowest BCUT2D eigenvalue weighted by molar-refractivity contribution is -0.134. The molecule has 0 aromatic heterocycles. The van der Waals surface area contributed by atoms with E-state index in [0.717, 1.165) is 44.1 Å². The molecule has 0 aromatic carbocycles. The van der Waals surface area contributed by atoms with Crippen molar-refractivity contribution in [3.05, 3.63) is 23.3 Å². The minimum Gasteiger partial charge on any atom is -0.458 e. The van der Waals surface area contributed by atoms with Gasteiger partial charge in [-0.05, 0) is 91.9 Å². The molecule has 1 N–H and O–H groups in total. The van der Waals surface area contributed by atoms with Gasteiger partial charge in [0.2, 0.25) is 0 Å². The van der Waals surface area contributed by atoms with Crippen molar-refractivity contribution in [3.8, 4) is 0 Å². The predicted octanol–water partition coefficient (Wildman–Crippen LogP) is 5.65. The summed E-state index contributed by atoms with van der Waals surface area (Å²) >= 11 is 0. The van der Waals surface area contributed by atoms with Gasteiger partial charge >= 0.3 is 16.4 Å². The zero-order valence-corrected chi connectivity index (χ0v) is 20.9. The number of allylic oxidation sites excluding steroid dienone is 2. The first kappa shape index (κ1) is 25.4. The van der Waals surface area contributed by atoms with Crippen molar-refractivity contribution >= 4 is 16.4 Å². The summed E-state index contributed by atoms with van der Waals surface area (Å²) in [6.07, 6.45) is 13.0. The van der Waals surface area contributed by atoms with Crippen molar-refractivity contribution in [1.29, 1.82) is 0 Å². The molecule has 1 unspecified atom stereocenters. The van der Waals surface area contributed by atoms with Crippen LogP contribution < -0.4 is 0 Å². The molecule has 1 saturated carbocycles. The second-order valence-corrected chi connectivity index (χ2v) is 12.1. The second-order valence-electron chi connectivity index (χ2n) is 11.1. The Labute approximate surface area is 193 Å². The highest BCUT2D eigenvalue weighted by Crippen LogP contribution is 2.58. The summed E-state index contributed by atoms with van der Waals surface area (Å²) in [5.41, 5.74) is 3.02. The molecule has 182 valence electrons. The zero-order chi connectivity index (χ0) is 23.6. The van der Waals surface area contributed by atoms with Crippen molar-refractivity contribution in [3.63, 3.8) is 0 Å². The fourth-order valence-electron chi connectivity index (χ4n) is 6.10. The fourth-order valence-corrected chi connectivity index (χ4v) is 6.46. The summed E-state index contributed by atoms with van der Waals surface area (Å²) in [4.78, 5) is 11.2. The second kappa shape index (κ2) is 9.98. The van der Waals surface area contributed by atoms with Crippen LogP contribution in [0.4, 0.5) is 0 Å². The van der Waals surface area contributed by atoms with E-state index in [0.29, 0.717) is 23.9 Å². The lowest BCUT2D eigenvalue weighted by Gasteiger charge is -2.53. The van der Waals surface area contributed by atoms with Crippen LogP contribution in [0, 0.1) is 28.6 Å². The molecule has 4 atom stereocenters. The molecule has 3 aliphatic rings. The van der Waals surface area contributed by atoms with E-state index in [9.17, 15) is 13.2 Å². The van der Waals surface area contributed by atoms with Gasteiger partial charge in [-0.2, -0.15) is 8.42 Å². The summed E-state index contributed by atoms with van der Waals surface area (Å²) in [5, 5.41) is 0. The number of hydrogen-bond donors (Lipinski definition) is 1. The molecule has 7 heteroatoms. The van der Waals surface area contributed by atoms with E-state index >= 15 is 0 Å². The third-order valence-corrected chi connectivity index (χ3v) is 8.90. The quantitative estimate of drug-likeness (QED) is 0.253. The monoisotopic (exact) mass is 468 g/mol. The zero-order valence-electron chi connectivity index (χ0n) is 20.1. The third kappa shape index (κ3) is 6.23. The highest BCUT2D eigenvalue weighted by molar-refractivity contribution is 7.80. The molecule has 0 saturated heterocycles. The van der Waals surface area contributed by atoms with Crippen LogP contribution in [0.2, 0.25) is 0 Å². The van der Waals surface area contributed by atoms with Crippen LogP contribution in [0.25, 0.3) is 0 Å². The number of fused-ring (bicyclic) bond motifs is 1. The Hall–Kier alpha value is -1.18. The molecule has 2 aliphatic carbocycles. The molecule has 0 aromatic rings. The topological polar surface area (TPSA) is 89.9 Å². The molecule has 0 bridgehead atoms. The van der Waals surface area contributed by atoms with Crippen LogP contribution in [-0.2, 0) is 24.1 Å². The summed E-state index contributed by atoms with van der Waals surface area (Å²) in [6.45, 7) is 9.89. The van der Waals surface area contributed by atoms with Crippen LogP contribution in [-0.4, -0.2) is 32.2 Å². The van der Waals surface area contributed by atoms with Gasteiger partial charge < -0.3 is 4.74 Å². The van der Waals surface area contributed by atoms with Crippen molar-refractivity contribution in [2.24, 2.45) is 28.6 Å². The average molecular weight is 469 g/mol. The van der Waals surface area contributed by atoms with E-state index in [1.54, 1.807) is 11.6 Å². The molecule has 1 fully saturated rings. The summed E-state index contributed by atoms with van der Waals surface area (Å²) in [5.74, 6) is 0.937. The lowest BCUT2D eigenvalue weighted by Crippen LogP contribution is -2.43. The third-order valence-electron chi connectivity index (χ3n) is 8.46. The normalized spacial score (nSPS) is 30.8. The highest BCUT2D eigenvalue weighted by atomic mass is 32.3. The van der Waals surface area contributed by atoms with Gasteiger partial charge in [-0.15, -0.1) is 0 Å². The minimum atomic E-state index is -4.46. The van der Waals surface area contributed by atoms with Gasteiger partial charge in [0.15, 0.2) is 0 Å². The largest absolute Gasteiger partial charge is 0.458 e. The van der Waals surface area contributed by atoms with Crippen LogP contribution in [0.15, 0.2) is 23.3 Å². The number of cyclic esters (lactones) is 1. The molecular weight excluding hydrogens is 428 g/mol. The maximum atomic E-state index is 11.2. The number of carbonyl (C=O) groups is 1. The Balaban J connectivity index is 1.66. The Morgan fingerprint density at radius 2 is 2.00 bits per heavy atom. The van der Waals surface area contributed by atoms with Gasteiger partial charge in [0.25, 0.3) is 0 Å². The molecule has 3 rings (SSSR count). The molecule has 32 heavy (non-hydrogen) atoms. The van der Waals surface area contributed by atoms with Crippen molar-refractivity contribution in [1.82, 2.24) is 0 Å². The SMILES string of the molecule is C[C@H]1CC[C@H]2C(=CCCC2(C)C)[C@@]1(C)CCC(CCCC1=CC(=O)OC1)COS(=O)(=O)O. The minimum absolute atomic E-state index is 0.00819. The van der Waals surface area contributed by atoms with Crippen LogP contribution >= 0.6 is 0 Å². The van der Waals surface area contributed by atoms with Crippen LogP contribution in [0.3, 0.4) is 0 Å². The molecule has 6 nitrogen and oxygen atoms in total. The van der Waals surface area contributed by atoms with Gasteiger partial charge in [0, 0.05) is 6.08 Å². The Bertz CT molecular complexity index is 856. The van der Waals surface area contributed by atoms with Gasteiger partial charge in [0.1, 0.15) is 6.61 Å². The van der Waals surface area contributed by atoms with Gasteiger partial charge in [-0.25, -0.2) is 8.98 Å². The van der Waals surface area contributed by atoms with E-state index in [1.165, 1.54) is 19.3 Å². The fraction of sp³-hybridized carbons (Fsp3) is 0.800. The van der Waals surface area contributed by atoms with Crippen molar-refractivity contribution in [2.45, 2.75) is 85.5 Å². The maximum Gasteiger partial charge on any atom is 0.397 e. The number of esters is 1. The lowest BCUT2D eigenvalue weighted by atomic mass is 9.52. The smallest absolute Gasteiger partial charge is 0.397 e. The molecule has 0 amide bonds. The Morgan fingerprint density at radius 1 is 1.25 bits per heavy atom. The van der Waals surface area contributed by atoms with Crippen LogP contribution in [0.5, 0.6) is 0 Å². The molecule has 0 radical (unpaired) electrons. The number of ether oxygens (including phenoxy) is 1. The standard InChI is InChI=1S/C25H40O6S/c1-18-10-11-21-22(9-6-13-24(21,2)3)25(18,4)14-12-19(17-31-32(27,28)29)7-5-8-20-15-23(26)30-16-20/h9,15,18-19,21H,5-8,10-14,16-17H2,1-4H3,(H,27,28,29)/t18-,19?,21-,25-/m0/s1. The maximum absolute atomic E-state index is 11.2.